The van der Waals surface area contributed by atoms with Gasteiger partial charge in [0.1, 0.15) is 5.41 Å². The van der Waals surface area contributed by atoms with Gasteiger partial charge in [0.05, 0.1) is 11.8 Å². The Balaban J connectivity index is 1.58. The fourth-order valence-electron chi connectivity index (χ4n) is 4.25. The van der Waals surface area contributed by atoms with Gasteiger partial charge in [-0.15, -0.1) is 0 Å². The van der Waals surface area contributed by atoms with Crippen molar-refractivity contribution < 1.29 is 4.79 Å². The molecule has 0 radical (unpaired) electrons. The van der Waals surface area contributed by atoms with Crippen molar-refractivity contribution in [3.8, 4) is 6.07 Å². The fraction of sp³-hybridized carbons (Fsp3) is 0.650. The lowest BCUT2D eigenvalue weighted by Crippen LogP contribution is -2.43. The van der Waals surface area contributed by atoms with Crippen molar-refractivity contribution >= 4 is 5.91 Å². The van der Waals surface area contributed by atoms with Gasteiger partial charge in [0.2, 0.25) is 5.91 Å². The highest BCUT2D eigenvalue weighted by Crippen LogP contribution is 2.39. The van der Waals surface area contributed by atoms with E-state index in [1.807, 2.05) is 23.2 Å². The van der Waals surface area contributed by atoms with Crippen molar-refractivity contribution in [1.82, 2.24) is 14.8 Å². The van der Waals surface area contributed by atoms with Crippen LogP contribution in [0.25, 0.3) is 0 Å². The summed E-state index contributed by atoms with van der Waals surface area (Å²) in [6.45, 7) is 2.39. The van der Waals surface area contributed by atoms with Crippen LogP contribution in [0.2, 0.25) is 0 Å². The molecular formula is C20H28N4O. The van der Waals surface area contributed by atoms with E-state index in [0.717, 1.165) is 70.3 Å². The molecule has 1 aliphatic heterocycles. The lowest BCUT2D eigenvalue weighted by molar-refractivity contribution is -0.138. The number of carbonyl (C=O) groups is 1. The summed E-state index contributed by atoms with van der Waals surface area (Å²) < 4.78 is 0. The zero-order valence-corrected chi connectivity index (χ0v) is 15.2. The van der Waals surface area contributed by atoms with E-state index in [1.54, 1.807) is 0 Å². The minimum absolute atomic E-state index is 0.0838. The van der Waals surface area contributed by atoms with Gasteiger partial charge in [0.15, 0.2) is 0 Å². The van der Waals surface area contributed by atoms with E-state index in [2.05, 4.69) is 29.1 Å². The largest absolute Gasteiger partial charge is 0.341 e. The number of likely N-dealkylation sites (tertiary alicyclic amines) is 1. The zero-order chi connectivity index (χ0) is 17.7. The summed E-state index contributed by atoms with van der Waals surface area (Å²) in [4.78, 5) is 21.7. The molecule has 134 valence electrons. The Morgan fingerprint density at radius 2 is 2.12 bits per heavy atom. The first-order chi connectivity index (χ1) is 12.1. The Morgan fingerprint density at radius 3 is 2.80 bits per heavy atom. The van der Waals surface area contributed by atoms with Crippen molar-refractivity contribution in [1.29, 1.82) is 5.26 Å². The van der Waals surface area contributed by atoms with Gasteiger partial charge in [-0.05, 0) is 51.3 Å². The molecule has 2 heterocycles. The molecule has 5 heteroatoms. The Bertz CT molecular complexity index is 618. The molecule has 5 nitrogen and oxygen atoms in total. The number of rotatable bonds is 4. The Morgan fingerprint density at radius 1 is 1.32 bits per heavy atom. The number of pyridine rings is 1. The number of amides is 1. The van der Waals surface area contributed by atoms with Crippen LogP contribution in [-0.2, 0) is 11.3 Å². The second-order valence-electron chi connectivity index (χ2n) is 7.51. The molecule has 1 aromatic rings. The van der Waals surface area contributed by atoms with E-state index in [9.17, 15) is 10.1 Å². The third-order valence-electron chi connectivity index (χ3n) is 5.83. The highest BCUT2D eigenvalue weighted by Gasteiger charge is 2.44. The van der Waals surface area contributed by atoms with Crippen LogP contribution >= 0.6 is 0 Å². The van der Waals surface area contributed by atoms with Gasteiger partial charge in [-0.1, -0.05) is 18.9 Å². The monoisotopic (exact) mass is 340 g/mol. The van der Waals surface area contributed by atoms with Crippen LogP contribution in [0.1, 0.15) is 50.6 Å². The van der Waals surface area contributed by atoms with Crippen LogP contribution in [0.15, 0.2) is 24.4 Å². The van der Waals surface area contributed by atoms with E-state index in [1.165, 1.54) is 0 Å². The average Bonchev–Trinajstić information content (AvgIpc) is 3.00. The minimum Gasteiger partial charge on any atom is -0.341 e. The highest BCUT2D eigenvalue weighted by molar-refractivity contribution is 5.85. The fourth-order valence-corrected chi connectivity index (χ4v) is 4.25. The van der Waals surface area contributed by atoms with E-state index >= 15 is 0 Å². The maximum absolute atomic E-state index is 13.0. The number of nitriles is 1. The normalized spacial score (nSPS) is 23.2. The maximum Gasteiger partial charge on any atom is 0.243 e. The summed E-state index contributed by atoms with van der Waals surface area (Å²) in [6.07, 6.45) is 8.38. The standard InChI is InChI=1S/C20H28N4O/c1-23(15-17-7-2-5-12-22-17)18-8-6-13-24(14-9-18)19(25)20(16-21)10-3-4-11-20/h2,5,7,12,18H,3-4,6,8-11,13-15H2,1H3/t18-/m1/s1. The molecule has 2 fully saturated rings. The van der Waals surface area contributed by atoms with Crippen LogP contribution in [0.5, 0.6) is 0 Å². The first-order valence-electron chi connectivity index (χ1n) is 9.45. The molecule has 1 atom stereocenters. The van der Waals surface area contributed by atoms with Crippen LogP contribution in [0.4, 0.5) is 0 Å². The second-order valence-corrected chi connectivity index (χ2v) is 7.51. The number of nitrogens with zero attached hydrogens (tertiary/aromatic N) is 4. The van der Waals surface area contributed by atoms with Gasteiger partial charge in [-0.25, -0.2) is 0 Å². The van der Waals surface area contributed by atoms with Crippen molar-refractivity contribution in [3.05, 3.63) is 30.1 Å². The van der Waals surface area contributed by atoms with Crippen LogP contribution in [0.3, 0.4) is 0 Å². The van der Waals surface area contributed by atoms with Gasteiger partial charge in [0, 0.05) is 31.9 Å². The molecule has 1 aromatic heterocycles. The number of hydrogen-bond acceptors (Lipinski definition) is 4. The van der Waals surface area contributed by atoms with E-state index in [4.69, 9.17) is 0 Å². The first-order valence-corrected chi connectivity index (χ1v) is 9.45. The molecule has 1 amide bonds. The van der Waals surface area contributed by atoms with Gasteiger partial charge in [-0.2, -0.15) is 5.26 Å². The van der Waals surface area contributed by atoms with E-state index < -0.39 is 5.41 Å². The minimum atomic E-state index is -0.736. The Kier molecular flexibility index (Phi) is 5.70. The third kappa shape index (κ3) is 4.01. The number of carbonyl (C=O) groups excluding carboxylic acids is 1. The second kappa shape index (κ2) is 7.97. The Hall–Kier alpha value is -1.93. The van der Waals surface area contributed by atoms with Crippen LogP contribution in [-0.4, -0.2) is 46.9 Å². The molecule has 0 spiro atoms. The SMILES string of the molecule is CN(Cc1ccccn1)[C@@H]1CCCN(C(=O)C2(C#N)CCCC2)CC1. The zero-order valence-electron chi connectivity index (χ0n) is 15.2. The molecule has 0 unspecified atom stereocenters. The summed E-state index contributed by atoms with van der Waals surface area (Å²) >= 11 is 0. The van der Waals surface area contributed by atoms with Gasteiger partial charge >= 0.3 is 0 Å². The molecule has 0 bridgehead atoms. The summed E-state index contributed by atoms with van der Waals surface area (Å²) in [5, 5.41) is 9.58. The van der Waals surface area contributed by atoms with Crippen molar-refractivity contribution in [3.63, 3.8) is 0 Å². The molecule has 0 aromatic carbocycles. The highest BCUT2D eigenvalue weighted by atomic mass is 16.2. The number of aromatic nitrogens is 1. The molecule has 0 N–H and O–H groups in total. The predicted molar refractivity (Wildman–Crippen MR) is 96.4 cm³/mol. The summed E-state index contributed by atoms with van der Waals surface area (Å²) in [6, 6.07) is 8.82. The lowest BCUT2D eigenvalue weighted by Gasteiger charge is -2.30. The summed E-state index contributed by atoms with van der Waals surface area (Å²) in [7, 11) is 2.14. The summed E-state index contributed by atoms with van der Waals surface area (Å²) in [5.74, 6) is 0.0838. The molecular weight excluding hydrogens is 312 g/mol. The topological polar surface area (TPSA) is 60.2 Å². The van der Waals surface area contributed by atoms with Gasteiger partial charge in [0.25, 0.3) is 0 Å². The van der Waals surface area contributed by atoms with Gasteiger partial charge < -0.3 is 4.90 Å². The van der Waals surface area contributed by atoms with Crippen LogP contribution < -0.4 is 0 Å². The lowest BCUT2D eigenvalue weighted by atomic mass is 9.86. The number of hydrogen-bond donors (Lipinski definition) is 0. The molecule has 25 heavy (non-hydrogen) atoms. The van der Waals surface area contributed by atoms with E-state index in [-0.39, 0.29) is 5.91 Å². The van der Waals surface area contributed by atoms with Gasteiger partial charge in [-0.3, -0.25) is 14.7 Å². The van der Waals surface area contributed by atoms with Crippen molar-refractivity contribution in [2.45, 2.75) is 57.5 Å². The summed E-state index contributed by atoms with van der Waals surface area (Å²) in [5.41, 5.74) is 0.344. The molecule has 1 aliphatic carbocycles. The first kappa shape index (κ1) is 17.9. The molecule has 2 aliphatic rings. The molecule has 3 rings (SSSR count). The molecule has 1 saturated carbocycles. The molecule has 1 saturated heterocycles. The predicted octanol–water partition coefficient (Wildman–Crippen LogP) is 2.98. The van der Waals surface area contributed by atoms with Crippen molar-refractivity contribution in [2.75, 3.05) is 20.1 Å². The maximum atomic E-state index is 13.0. The van der Waals surface area contributed by atoms with Crippen molar-refractivity contribution in [2.24, 2.45) is 5.41 Å². The van der Waals surface area contributed by atoms with Crippen LogP contribution in [0, 0.1) is 16.7 Å². The Labute approximate surface area is 150 Å². The third-order valence-corrected chi connectivity index (χ3v) is 5.83. The van der Waals surface area contributed by atoms with E-state index in [0.29, 0.717) is 6.04 Å². The average molecular weight is 340 g/mol. The smallest absolute Gasteiger partial charge is 0.243 e. The quantitative estimate of drug-likeness (QED) is 0.845.